The highest BCUT2D eigenvalue weighted by molar-refractivity contribution is 6.18. The molecule has 0 spiro atoms. The van der Waals surface area contributed by atoms with Crippen molar-refractivity contribution < 1.29 is 19.1 Å². The van der Waals surface area contributed by atoms with Gasteiger partial charge < -0.3 is 14.8 Å². The third-order valence-corrected chi connectivity index (χ3v) is 4.43. The SMILES string of the molecule is CCCCCCCCOCCCNC(=O)C1=C(C)OC2=NC=NC(=O)C21. The summed E-state index contributed by atoms with van der Waals surface area (Å²) >= 11 is 0. The van der Waals surface area contributed by atoms with Crippen LogP contribution in [0.2, 0.25) is 0 Å². The average Bonchev–Trinajstić information content (AvgIpc) is 2.97. The molecule has 0 saturated heterocycles. The third kappa shape index (κ3) is 5.76. The number of carbonyl (C=O) groups is 2. The summed E-state index contributed by atoms with van der Waals surface area (Å²) in [4.78, 5) is 31.8. The Kier molecular flexibility index (Phi) is 8.47. The molecular formula is C19H29N3O4. The molecule has 0 aromatic carbocycles. The van der Waals surface area contributed by atoms with E-state index in [4.69, 9.17) is 9.47 Å². The highest BCUT2D eigenvalue weighted by Gasteiger charge is 2.42. The number of hydrogen-bond acceptors (Lipinski definition) is 5. The summed E-state index contributed by atoms with van der Waals surface area (Å²) in [6.07, 6.45) is 9.35. The highest BCUT2D eigenvalue weighted by atomic mass is 16.5. The second kappa shape index (κ2) is 10.9. The van der Waals surface area contributed by atoms with Gasteiger partial charge in [0.15, 0.2) is 5.92 Å². The Morgan fingerprint density at radius 2 is 1.92 bits per heavy atom. The number of nitrogens with zero attached hydrogens (tertiary/aromatic N) is 2. The van der Waals surface area contributed by atoms with Gasteiger partial charge in [-0.15, -0.1) is 0 Å². The molecule has 7 nitrogen and oxygen atoms in total. The number of fused-ring (bicyclic) bond motifs is 1. The van der Waals surface area contributed by atoms with Crippen molar-refractivity contribution in [2.75, 3.05) is 19.8 Å². The maximum absolute atomic E-state index is 12.4. The number of rotatable bonds is 12. The van der Waals surface area contributed by atoms with E-state index in [0.29, 0.717) is 24.5 Å². The molecule has 26 heavy (non-hydrogen) atoms. The van der Waals surface area contributed by atoms with Crippen molar-refractivity contribution in [2.24, 2.45) is 15.9 Å². The van der Waals surface area contributed by atoms with E-state index in [1.807, 2.05) is 0 Å². The molecule has 0 bridgehead atoms. The molecular weight excluding hydrogens is 334 g/mol. The van der Waals surface area contributed by atoms with Crippen molar-refractivity contribution >= 4 is 24.1 Å². The molecule has 1 N–H and O–H groups in total. The van der Waals surface area contributed by atoms with Crippen molar-refractivity contribution in [3.8, 4) is 0 Å². The van der Waals surface area contributed by atoms with Gasteiger partial charge >= 0.3 is 0 Å². The van der Waals surface area contributed by atoms with E-state index in [1.54, 1.807) is 6.92 Å². The number of aliphatic imine (C=N–C) groups is 2. The number of hydrogen-bond donors (Lipinski definition) is 1. The van der Waals surface area contributed by atoms with Crippen LogP contribution >= 0.6 is 0 Å². The van der Waals surface area contributed by atoms with Crippen LogP contribution in [0, 0.1) is 5.92 Å². The number of amides is 2. The van der Waals surface area contributed by atoms with Crippen LogP contribution in [0.1, 0.15) is 58.8 Å². The summed E-state index contributed by atoms with van der Waals surface area (Å²) in [5.41, 5.74) is 0.304. The van der Waals surface area contributed by atoms with E-state index >= 15 is 0 Å². The zero-order valence-electron chi connectivity index (χ0n) is 15.8. The second-order valence-corrected chi connectivity index (χ2v) is 6.54. The lowest BCUT2D eigenvalue weighted by atomic mass is 9.97. The van der Waals surface area contributed by atoms with Crippen molar-refractivity contribution in [1.82, 2.24) is 5.32 Å². The molecule has 144 valence electrons. The molecule has 0 radical (unpaired) electrons. The van der Waals surface area contributed by atoms with Crippen molar-refractivity contribution in [3.05, 3.63) is 11.3 Å². The zero-order chi connectivity index (χ0) is 18.8. The first kappa shape index (κ1) is 20.3. The lowest BCUT2D eigenvalue weighted by Crippen LogP contribution is -2.34. The number of carbonyl (C=O) groups excluding carboxylic acids is 2. The Hall–Kier alpha value is -2.02. The van der Waals surface area contributed by atoms with E-state index in [0.717, 1.165) is 25.8 Å². The van der Waals surface area contributed by atoms with Crippen molar-refractivity contribution in [1.29, 1.82) is 0 Å². The van der Waals surface area contributed by atoms with E-state index in [2.05, 4.69) is 22.2 Å². The van der Waals surface area contributed by atoms with Crippen molar-refractivity contribution in [2.45, 2.75) is 58.8 Å². The molecule has 2 aliphatic rings. The van der Waals surface area contributed by atoms with Gasteiger partial charge in [-0.3, -0.25) is 9.59 Å². The lowest BCUT2D eigenvalue weighted by molar-refractivity contribution is -0.122. The van der Waals surface area contributed by atoms with Gasteiger partial charge in [-0.1, -0.05) is 39.0 Å². The fourth-order valence-corrected chi connectivity index (χ4v) is 2.99. The smallest absolute Gasteiger partial charge is 0.264 e. The van der Waals surface area contributed by atoms with Crippen LogP contribution in [0.25, 0.3) is 0 Å². The predicted octanol–water partition coefficient (Wildman–Crippen LogP) is 2.76. The minimum absolute atomic E-state index is 0.231. The Morgan fingerprint density at radius 3 is 2.73 bits per heavy atom. The quantitative estimate of drug-likeness (QED) is 0.540. The fraction of sp³-hybridized carbons (Fsp3) is 0.684. The van der Waals surface area contributed by atoms with Gasteiger partial charge in [0.05, 0.1) is 5.57 Å². The average molecular weight is 363 g/mol. The van der Waals surface area contributed by atoms with E-state index in [9.17, 15) is 9.59 Å². The lowest BCUT2D eigenvalue weighted by Gasteiger charge is -2.12. The standard InChI is InChI=1S/C19H29N3O4/c1-3-4-5-6-7-8-11-25-12-9-10-20-17(23)15-14(2)26-19-16(15)18(24)21-13-22-19/h13,16H,3-12H2,1-2H3,(H,20,23). The fourth-order valence-electron chi connectivity index (χ4n) is 2.99. The van der Waals surface area contributed by atoms with Crippen LogP contribution in [0.3, 0.4) is 0 Å². The Bertz CT molecular complexity index is 596. The number of nitrogens with one attached hydrogen (secondary N) is 1. The summed E-state index contributed by atoms with van der Waals surface area (Å²) in [7, 11) is 0. The van der Waals surface area contributed by atoms with Gasteiger partial charge in [0.25, 0.3) is 11.8 Å². The summed E-state index contributed by atoms with van der Waals surface area (Å²) in [5.74, 6) is -0.887. The predicted molar refractivity (Wildman–Crippen MR) is 100 cm³/mol. The zero-order valence-corrected chi connectivity index (χ0v) is 15.8. The minimum Gasteiger partial charge on any atom is -0.446 e. The first-order valence-electron chi connectivity index (χ1n) is 9.53. The van der Waals surface area contributed by atoms with Crippen LogP contribution in [0.5, 0.6) is 0 Å². The molecule has 7 heteroatoms. The second-order valence-electron chi connectivity index (χ2n) is 6.54. The maximum atomic E-state index is 12.4. The van der Waals surface area contributed by atoms with Crippen LogP contribution in [0.15, 0.2) is 21.3 Å². The van der Waals surface area contributed by atoms with Gasteiger partial charge in [-0.05, 0) is 19.8 Å². The van der Waals surface area contributed by atoms with Gasteiger partial charge in [0.1, 0.15) is 12.1 Å². The van der Waals surface area contributed by atoms with Crippen molar-refractivity contribution in [3.63, 3.8) is 0 Å². The number of allylic oxidation sites excluding steroid dienone is 1. The molecule has 0 aromatic rings. The molecule has 2 heterocycles. The summed E-state index contributed by atoms with van der Waals surface area (Å²) in [6, 6.07) is 0. The molecule has 1 atom stereocenters. The number of unbranched alkanes of at least 4 members (excludes halogenated alkanes) is 5. The summed E-state index contributed by atoms with van der Waals surface area (Å²) in [5, 5.41) is 2.82. The largest absolute Gasteiger partial charge is 0.446 e. The number of ether oxygens (including phenoxy) is 2. The van der Waals surface area contributed by atoms with E-state index < -0.39 is 11.8 Å². The Balaban J connectivity index is 1.58. The first-order chi connectivity index (χ1) is 12.6. The summed E-state index contributed by atoms with van der Waals surface area (Å²) < 4.78 is 11.0. The molecule has 0 aliphatic carbocycles. The monoisotopic (exact) mass is 363 g/mol. The Morgan fingerprint density at radius 1 is 1.19 bits per heavy atom. The van der Waals surface area contributed by atoms with Crippen LogP contribution in [-0.2, 0) is 19.1 Å². The van der Waals surface area contributed by atoms with Gasteiger partial charge in [0, 0.05) is 19.8 Å². The topological polar surface area (TPSA) is 89.3 Å². The third-order valence-electron chi connectivity index (χ3n) is 4.43. The normalized spacial score (nSPS) is 18.6. The van der Waals surface area contributed by atoms with E-state index in [1.165, 1.54) is 32.1 Å². The van der Waals surface area contributed by atoms with Crippen LogP contribution in [0.4, 0.5) is 0 Å². The highest BCUT2D eigenvalue weighted by Crippen LogP contribution is 2.30. The molecule has 1 unspecified atom stereocenters. The Labute approximate surface area is 154 Å². The molecule has 0 fully saturated rings. The molecule has 2 rings (SSSR count). The molecule has 2 amide bonds. The van der Waals surface area contributed by atoms with Gasteiger partial charge in [-0.2, -0.15) is 0 Å². The minimum atomic E-state index is -0.802. The first-order valence-corrected chi connectivity index (χ1v) is 9.53. The van der Waals surface area contributed by atoms with Gasteiger partial charge in [-0.25, -0.2) is 9.98 Å². The molecule has 0 saturated carbocycles. The summed E-state index contributed by atoms with van der Waals surface area (Å²) in [6.45, 7) is 5.75. The van der Waals surface area contributed by atoms with Crippen LogP contribution < -0.4 is 5.32 Å². The molecule has 2 aliphatic heterocycles. The van der Waals surface area contributed by atoms with E-state index in [-0.39, 0.29) is 11.8 Å². The maximum Gasteiger partial charge on any atom is 0.264 e. The van der Waals surface area contributed by atoms with Gasteiger partial charge in [0.2, 0.25) is 5.90 Å². The van der Waals surface area contributed by atoms with Crippen LogP contribution in [-0.4, -0.2) is 43.8 Å². The molecule has 0 aromatic heterocycles.